The third-order valence-electron chi connectivity index (χ3n) is 3.79. The van der Waals surface area contributed by atoms with Gasteiger partial charge in [-0.05, 0) is 43.2 Å². The molecule has 6 nitrogen and oxygen atoms in total. The average Bonchev–Trinajstić information content (AvgIpc) is 2.55. The number of carbonyl (C=O) groups is 1. The predicted molar refractivity (Wildman–Crippen MR) is 98.7 cm³/mol. The first-order valence-electron chi connectivity index (χ1n) is 8.02. The Morgan fingerprint density at radius 2 is 1.96 bits per heavy atom. The second kappa shape index (κ2) is 8.22. The molecule has 0 unspecified atom stereocenters. The lowest BCUT2D eigenvalue weighted by Gasteiger charge is -2.26. The smallest absolute Gasteiger partial charge is 0.242 e. The number of hydrogen-bond donors (Lipinski definition) is 0. The van der Waals surface area contributed by atoms with Crippen LogP contribution in [0.15, 0.2) is 48.8 Å². The fourth-order valence-electron chi connectivity index (χ4n) is 2.52. The predicted octanol–water partition coefficient (Wildman–Crippen LogP) is 2.20. The molecule has 0 atom stereocenters. The molecule has 0 aliphatic rings. The quantitative estimate of drug-likeness (QED) is 0.758. The number of anilines is 1. The van der Waals surface area contributed by atoms with Crippen molar-refractivity contribution in [2.75, 3.05) is 24.2 Å². The Balaban J connectivity index is 2.20. The van der Waals surface area contributed by atoms with Crippen molar-refractivity contribution < 1.29 is 13.2 Å². The molecule has 0 aliphatic heterocycles. The molecule has 0 radical (unpaired) electrons. The molecular formula is C18H23N3O3S. The fourth-order valence-corrected chi connectivity index (χ4v) is 3.25. The van der Waals surface area contributed by atoms with E-state index in [0.29, 0.717) is 6.54 Å². The van der Waals surface area contributed by atoms with E-state index in [9.17, 15) is 13.2 Å². The molecule has 1 aromatic carbocycles. The number of pyridine rings is 1. The monoisotopic (exact) mass is 361 g/mol. The molecule has 25 heavy (non-hydrogen) atoms. The number of nitrogens with zero attached hydrogens (tertiary/aromatic N) is 3. The molecular weight excluding hydrogens is 338 g/mol. The normalized spacial score (nSPS) is 11.5. The molecule has 1 heterocycles. The summed E-state index contributed by atoms with van der Waals surface area (Å²) in [4.78, 5) is 18.3. The zero-order valence-electron chi connectivity index (χ0n) is 14.7. The van der Waals surface area contributed by atoms with Crippen LogP contribution in [0.2, 0.25) is 0 Å². The van der Waals surface area contributed by atoms with Crippen molar-refractivity contribution in [1.29, 1.82) is 0 Å². The van der Waals surface area contributed by atoms with Gasteiger partial charge in [-0.15, -0.1) is 0 Å². The van der Waals surface area contributed by atoms with Gasteiger partial charge in [-0.2, -0.15) is 4.31 Å². The third kappa shape index (κ3) is 5.37. The SMILES string of the molecule is CCN(C(=O)CN(Cc1cccnc1)S(C)(=O)=O)c1cccc(C)c1. The van der Waals surface area contributed by atoms with Crippen LogP contribution in [0.25, 0.3) is 0 Å². The molecule has 134 valence electrons. The van der Waals surface area contributed by atoms with E-state index >= 15 is 0 Å². The second-order valence-corrected chi connectivity index (χ2v) is 7.85. The minimum atomic E-state index is -3.53. The highest BCUT2D eigenvalue weighted by Gasteiger charge is 2.24. The number of benzene rings is 1. The fraction of sp³-hybridized carbons (Fsp3) is 0.333. The lowest BCUT2D eigenvalue weighted by atomic mass is 10.2. The standard InChI is InChI=1S/C18H23N3O3S/c1-4-21(17-9-5-7-15(2)11-17)18(22)14-20(25(3,23)24)13-16-8-6-10-19-12-16/h5-12H,4,13-14H2,1-3H3. The van der Waals surface area contributed by atoms with E-state index in [0.717, 1.165) is 23.1 Å². The summed E-state index contributed by atoms with van der Waals surface area (Å²) in [5.41, 5.74) is 2.54. The van der Waals surface area contributed by atoms with E-state index in [4.69, 9.17) is 0 Å². The highest BCUT2D eigenvalue weighted by atomic mass is 32.2. The van der Waals surface area contributed by atoms with Crippen molar-refractivity contribution in [3.8, 4) is 0 Å². The van der Waals surface area contributed by atoms with Crippen molar-refractivity contribution in [3.63, 3.8) is 0 Å². The molecule has 7 heteroatoms. The Morgan fingerprint density at radius 3 is 2.52 bits per heavy atom. The number of aromatic nitrogens is 1. The molecule has 0 spiro atoms. The van der Waals surface area contributed by atoms with Crippen LogP contribution < -0.4 is 4.90 Å². The van der Waals surface area contributed by atoms with Crippen molar-refractivity contribution in [1.82, 2.24) is 9.29 Å². The first-order valence-corrected chi connectivity index (χ1v) is 9.87. The summed E-state index contributed by atoms with van der Waals surface area (Å²) in [6, 6.07) is 11.1. The number of likely N-dealkylation sites (N-methyl/N-ethyl adjacent to an activating group) is 1. The van der Waals surface area contributed by atoms with Crippen molar-refractivity contribution in [3.05, 3.63) is 59.9 Å². The Kier molecular flexibility index (Phi) is 6.27. The molecule has 0 bridgehead atoms. The topological polar surface area (TPSA) is 70.6 Å². The maximum absolute atomic E-state index is 12.7. The number of aryl methyl sites for hydroxylation is 1. The number of sulfonamides is 1. The summed E-state index contributed by atoms with van der Waals surface area (Å²) in [6.45, 7) is 4.19. The number of hydrogen-bond acceptors (Lipinski definition) is 4. The molecule has 0 saturated heterocycles. The molecule has 0 saturated carbocycles. The zero-order chi connectivity index (χ0) is 18.4. The molecule has 0 aliphatic carbocycles. The molecule has 0 fully saturated rings. The van der Waals surface area contributed by atoms with Gasteiger partial charge in [0.25, 0.3) is 0 Å². The Labute approximate surface area is 149 Å². The van der Waals surface area contributed by atoms with Crippen LogP contribution in [0, 0.1) is 6.92 Å². The number of rotatable bonds is 7. The summed E-state index contributed by atoms with van der Waals surface area (Å²) >= 11 is 0. The highest BCUT2D eigenvalue weighted by Crippen LogP contribution is 2.17. The van der Waals surface area contributed by atoms with Gasteiger partial charge in [-0.3, -0.25) is 9.78 Å². The van der Waals surface area contributed by atoms with E-state index in [1.807, 2.05) is 38.1 Å². The first-order chi connectivity index (χ1) is 11.8. The van der Waals surface area contributed by atoms with E-state index in [2.05, 4.69) is 4.98 Å². The van der Waals surface area contributed by atoms with E-state index in [1.165, 1.54) is 4.31 Å². The van der Waals surface area contributed by atoms with Crippen LogP contribution >= 0.6 is 0 Å². The van der Waals surface area contributed by atoms with Gasteiger partial charge in [-0.25, -0.2) is 8.42 Å². The largest absolute Gasteiger partial charge is 0.312 e. The van der Waals surface area contributed by atoms with Gasteiger partial charge < -0.3 is 4.90 Å². The van der Waals surface area contributed by atoms with Gasteiger partial charge in [0.2, 0.25) is 15.9 Å². The van der Waals surface area contributed by atoms with Crippen LogP contribution in [0.1, 0.15) is 18.1 Å². The lowest BCUT2D eigenvalue weighted by molar-refractivity contribution is -0.118. The molecule has 2 rings (SSSR count). The van der Waals surface area contributed by atoms with Gasteiger partial charge in [-0.1, -0.05) is 18.2 Å². The Bertz CT molecular complexity index is 822. The minimum absolute atomic E-state index is 0.115. The molecule has 0 N–H and O–H groups in total. The third-order valence-corrected chi connectivity index (χ3v) is 4.99. The maximum Gasteiger partial charge on any atom is 0.242 e. The van der Waals surface area contributed by atoms with E-state index < -0.39 is 10.0 Å². The van der Waals surface area contributed by atoms with Crippen LogP contribution in [0.3, 0.4) is 0 Å². The lowest BCUT2D eigenvalue weighted by Crippen LogP contribution is -2.42. The zero-order valence-corrected chi connectivity index (χ0v) is 15.5. The summed E-state index contributed by atoms with van der Waals surface area (Å²) in [6.07, 6.45) is 4.33. The van der Waals surface area contributed by atoms with Gasteiger partial charge in [0.1, 0.15) is 0 Å². The van der Waals surface area contributed by atoms with Gasteiger partial charge in [0.15, 0.2) is 0 Å². The van der Waals surface area contributed by atoms with E-state index in [1.54, 1.807) is 29.4 Å². The molecule has 1 amide bonds. The van der Waals surface area contributed by atoms with Crippen molar-refractivity contribution >= 4 is 21.6 Å². The van der Waals surface area contributed by atoms with Gasteiger partial charge in [0, 0.05) is 31.2 Å². The average molecular weight is 361 g/mol. The summed E-state index contributed by atoms with van der Waals surface area (Å²) in [5.74, 6) is -0.262. The summed E-state index contributed by atoms with van der Waals surface area (Å²) in [7, 11) is -3.53. The molecule has 2 aromatic rings. The summed E-state index contributed by atoms with van der Waals surface area (Å²) < 4.78 is 25.4. The second-order valence-electron chi connectivity index (χ2n) is 5.87. The number of amides is 1. The van der Waals surface area contributed by atoms with E-state index in [-0.39, 0.29) is 19.0 Å². The van der Waals surface area contributed by atoms with Crippen LogP contribution in [-0.4, -0.2) is 43.0 Å². The first kappa shape index (κ1) is 19.1. The van der Waals surface area contributed by atoms with Crippen LogP contribution in [0.4, 0.5) is 5.69 Å². The van der Waals surface area contributed by atoms with Crippen LogP contribution in [0.5, 0.6) is 0 Å². The van der Waals surface area contributed by atoms with Gasteiger partial charge in [0.05, 0.1) is 12.8 Å². The number of carbonyl (C=O) groups excluding carboxylic acids is 1. The van der Waals surface area contributed by atoms with Crippen LogP contribution in [-0.2, 0) is 21.4 Å². The Morgan fingerprint density at radius 1 is 1.20 bits per heavy atom. The highest BCUT2D eigenvalue weighted by molar-refractivity contribution is 7.88. The molecule has 1 aromatic heterocycles. The Hall–Kier alpha value is -2.25. The maximum atomic E-state index is 12.7. The van der Waals surface area contributed by atoms with Crippen molar-refractivity contribution in [2.45, 2.75) is 20.4 Å². The van der Waals surface area contributed by atoms with Gasteiger partial charge >= 0.3 is 0 Å². The minimum Gasteiger partial charge on any atom is -0.312 e. The van der Waals surface area contributed by atoms with Crippen molar-refractivity contribution in [2.24, 2.45) is 0 Å². The summed E-state index contributed by atoms with van der Waals surface area (Å²) in [5, 5.41) is 0.